The molecule has 0 aliphatic heterocycles. The van der Waals surface area contributed by atoms with Crippen molar-refractivity contribution in [2.75, 3.05) is 5.73 Å². The summed E-state index contributed by atoms with van der Waals surface area (Å²) in [5.74, 6) is -0.557. The zero-order chi connectivity index (χ0) is 13.3. The fourth-order valence-corrected chi connectivity index (χ4v) is 1.63. The first-order chi connectivity index (χ1) is 8.47. The van der Waals surface area contributed by atoms with E-state index in [1.165, 1.54) is 18.2 Å². The molecule has 1 aromatic carbocycles. The first kappa shape index (κ1) is 12.3. The summed E-state index contributed by atoms with van der Waals surface area (Å²) in [4.78, 5) is 14.1. The molecule has 1 aromatic heterocycles. The van der Waals surface area contributed by atoms with Crippen LogP contribution in [-0.2, 0) is 0 Å². The van der Waals surface area contributed by atoms with E-state index in [2.05, 4.69) is 4.98 Å². The highest BCUT2D eigenvalue weighted by molar-refractivity contribution is 6.31. The van der Waals surface area contributed by atoms with Gasteiger partial charge in [-0.25, -0.2) is 9.37 Å². The van der Waals surface area contributed by atoms with E-state index in [1.807, 2.05) is 0 Å². The summed E-state index contributed by atoms with van der Waals surface area (Å²) < 4.78 is 13.0. The largest absolute Gasteiger partial charge is 0.383 e. The van der Waals surface area contributed by atoms with Crippen molar-refractivity contribution >= 4 is 23.1 Å². The minimum Gasteiger partial charge on any atom is -0.383 e. The van der Waals surface area contributed by atoms with Crippen LogP contribution in [-0.4, -0.2) is 9.91 Å². The second-order valence-corrected chi connectivity index (χ2v) is 3.93. The number of nitrogen functional groups attached to an aromatic ring is 1. The molecule has 0 amide bonds. The molecule has 0 saturated carbocycles. The summed E-state index contributed by atoms with van der Waals surface area (Å²) in [6.45, 7) is 0. The Bertz CT molecular complexity index is 634. The summed E-state index contributed by atoms with van der Waals surface area (Å²) in [6, 6.07) is 6.32. The van der Waals surface area contributed by atoms with E-state index in [0.717, 1.165) is 12.1 Å². The lowest BCUT2D eigenvalue weighted by Gasteiger charge is -2.03. The minimum absolute atomic E-state index is 0.0136. The Morgan fingerprint density at radius 2 is 2.06 bits per heavy atom. The van der Waals surface area contributed by atoms with Crippen molar-refractivity contribution < 1.29 is 9.31 Å². The highest BCUT2D eigenvalue weighted by Crippen LogP contribution is 2.27. The van der Waals surface area contributed by atoms with Crippen LogP contribution in [0, 0.1) is 15.9 Å². The van der Waals surface area contributed by atoms with E-state index in [1.54, 1.807) is 0 Å². The number of halogens is 2. The molecule has 2 rings (SSSR count). The maximum absolute atomic E-state index is 13.0. The van der Waals surface area contributed by atoms with E-state index >= 15 is 0 Å². The summed E-state index contributed by atoms with van der Waals surface area (Å²) in [5, 5.41) is 10.6. The molecule has 0 fully saturated rings. The quantitative estimate of drug-likeness (QED) is 0.670. The molecule has 18 heavy (non-hydrogen) atoms. The number of pyridine rings is 1. The van der Waals surface area contributed by atoms with Crippen molar-refractivity contribution in [1.29, 1.82) is 0 Å². The van der Waals surface area contributed by atoms with E-state index < -0.39 is 10.7 Å². The maximum atomic E-state index is 13.0. The van der Waals surface area contributed by atoms with Gasteiger partial charge in [-0.1, -0.05) is 11.6 Å². The van der Waals surface area contributed by atoms with E-state index in [9.17, 15) is 14.5 Å². The average Bonchev–Trinajstić information content (AvgIpc) is 2.31. The first-order valence-electron chi connectivity index (χ1n) is 4.85. The maximum Gasteiger partial charge on any atom is 0.275 e. The van der Waals surface area contributed by atoms with Gasteiger partial charge in [0.25, 0.3) is 5.69 Å². The van der Waals surface area contributed by atoms with Crippen molar-refractivity contribution in [2.24, 2.45) is 0 Å². The van der Waals surface area contributed by atoms with Crippen molar-refractivity contribution in [3.63, 3.8) is 0 Å². The van der Waals surface area contributed by atoms with Crippen LogP contribution in [0.25, 0.3) is 11.3 Å². The molecule has 0 bridgehead atoms. The molecule has 2 aromatic rings. The Kier molecular flexibility index (Phi) is 3.12. The first-order valence-corrected chi connectivity index (χ1v) is 5.22. The third-order valence-electron chi connectivity index (χ3n) is 2.26. The SMILES string of the molecule is Nc1cc([N+](=O)[O-])cc(-c2ccc(F)c(Cl)c2)n1. The predicted octanol–water partition coefficient (Wildman–Crippen LogP) is 3.03. The Labute approximate surface area is 106 Å². The Hall–Kier alpha value is -2.21. The smallest absolute Gasteiger partial charge is 0.275 e. The second kappa shape index (κ2) is 4.58. The van der Waals surface area contributed by atoms with Crippen molar-refractivity contribution in [3.8, 4) is 11.3 Å². The Balaban J connectivity index is 2.56. The van der Waals surface area contributed by atoms with E-state index in [-0.39, 0.29) is 22.2 Å². The van der Waals surface area contributed by atoms with E-state index in [4.69, 9.17) is 17.3 Å². The third-order valence-corrected chi connectivity index (χ3v) is 2.55. The molecule has 0 aliphatic carbocycles. The fourth-order valence-electron chi connectivity index (χ4n) is 1.45. The van der Waals surface area contributed by atoms with Gasteiger partial charge < -0.3 is 5.73 Å². The summed E-state index contributed by atoms with van der Waals surface area (Å²) >= 11 is 5.64. The lowest BCUT2D eigenvalue weighted by atomic mass is 10.1. The molecule has 2 N–H and O–H groups in total. The van der Waals surface area contributed by atoms with Gasteiger partial charge in [0.2, 0.25) is 0 Å². The van der Waals surface area contributed by atoms with Gasteiger partial charge in [0.1, 0.15) is 11.6 Å². The minimum atomic E-state index is -0.577. The molecule has 0 unspecified atom stereocenters. The number of nitrogens with zero attached hydrogens (tertiary/aromatic N) is 2. The van der Waals surface area contributed by atoms with Gasteiger partial charge in [0.15, 0.2) is 0 Å². The number of benzene rings is 1. The van der Waals surface area contributed by atoms with Crippen molar-refractivity contribution in [3.05, 3.63) is 51.3 Å². The number of aromatic nitrogens is 1. The van der Waals surface area contributed by atoms with Gasteiger partial charge in [-0.2, -0.15) is 0 Å². The molecule has 0 radical (unpaired) electrons. The normalized spacial score (nSPS) is 10.3. The van der Waals surface area contributed by atoms with Crippen LogP contribution in [0.3, 0.4) is 0 Å². The van der Waals surface area contributed by atoms with Crippen LogP contribution < -0.4 is 5.73 Å². The topological polar surface area (TPSA) is 82.0 Å². The number of rotatable bonds is 2. The van der Waals surface area contributed by atoms with Crippen LogP contribution >= 0.6 is 11.6 Å². The van der Waals surface area contributed by atoms with Gasteiger partial charge in [-0.05, 0) is 18.2 Å². The number of hydrogen-bond acceptors (Lipinski definition) is 4. The summed E-state index contributed by atoms with van der Waals surface area (Å²) in [6.07, 6.45) is 0. The zero-order valence-electron chi connectivity index (χ0n) is 8.93. The molecule has 0 aliphatic rings. The highest BCUT2D eigenvalue weighted by Gasteiger charge is 2.12. The molecule has 1 heterocycles. The zero-order valence-corrected chi connectivity index (χ0v) is 9.69. The molecular formula is C11H7ClFN3O2. The van der Waals surface area contributed by atoms with Crippen LogP contribution in [0.2, 0.25) is 5.02 Å². The van der Waals surface area contributed by atoms with Gasteiger partial charge >= 0.3 is 0 Å². The lowest BCUT2D eigenvalue weighted by molar-refractivity contribution is -0.384. The van der Waals surface area contributed by atoms with Crippen LogP contribution in [0.5, 0.6) is 0 Å². The van der Waals surface area contributed by atoms with Crippen LogP contribution in [0.15, 0.2) is 30.3 Å². The molecule has 7 heteroatoms. The Morgan fingerprint density at radius 3 is 2.67 bits per heavy atom. The fraction of sp³-hybridized carbons (Fsp3) is 0. The number of nitrogens with two attached hydrogens (primary N) is 1. The molecule has 0 atom stereocenters. The second-order valence-electron chi connectivity index (χ2n) is 3.52. The molecule has 0 saturated heterocycles. The summed E-state index contributed by atoms with van der Waals surface area (Å²) in [5.41, 5.74) is 6.02. The van der Waals surface area contributed by atoms with Gasteiger partial charge in [0.05, 0.1) is 21.7 Å². The third kappa shape index (κ3) is 2.38. The Morgan fingerprint density at radius 1 is 1.33 bits per heavy atom. The monoisotopic (exact) mass is 267 g/mol. The van der Waals surface area contributed by atoms with Gasteiger partial charge in [-0.15, -0.1) is 0 Å². The van der Waals surface area contributed by atoms with E-state index in [0.29, 0.717) is 5.56 Å². The number of anilines is 1. The highest BCUT2D eigenvalue weighted by atomic mass is 35.5. The van der Waals surface area contributed by atoms with Crippen molar-refractivity contribution in [1.82, 2.24) is 4.98 Å². The van der Waals surface area contributed by atoms with Crippen LogP contribution in [0.1, 0.15) is 0 Å². The standard InChI is InChI=1S/C11H7ClFN3O2/c12-8-3-6(1-2-9(8)13)10-4-7(16(17)18)5-11(14)15-10/h1-5H,(H2,14,15). The number of hydrogen-bond donors (Lipinski definition) is 1. The lowest BCUT2D eigenvalue weighted by Crippen LogP contribution is -1.96. The van der Waals surface area contributed by atoms with Gasteiger partial charge in [0, 0.05) is 11.6 Å². The number of nitro groups is 1. The molecule has 92 valence electrons. The molecule has 5 nitrogen and oxygen atoms in total. The van der Waals surface area contributed by atoms with Gasteiger partial charge in [-0.3, -0.25) is 10.1 Å². The van der Waals surface area contributed by atoms with Crippen molar-refractivity contribution in [2.45, 2.75) is 0 Å². The summed E-state index contributed by atoms with van der Waals surface area (Å²) in [7, 11) is 0. The predicted molar refractivity (Wildman–Crippen MR) is 65.7 cm³/mol. The van der Waals surface area contributed by atoms with Crippen LogP contribution in [0.4, 0.5) is 15.9 Å². The molecule has 0 spiro atoms. The molecular weight excluding hydrogens is 261 g/mol. The average molecular weight is 268 g/mol.